The molecule has 0 saturated carbocycles. The fraction of sp³-hybridized carbons (Fsp3) is 0.500. The monoisotopic (exact) mass is 216 g/mol. The van der Waals surface area contributed by atoms with E-state index < -0.39 is 11.7 Å². The molecule has 82 valence electrons. The van der Waals surface area contributed by atoms with E-state index in [2.05, 4.69) is 4.98 Å². The Morgan fingerprint density at radius 2 is 2.07 bits per heavy atom. The van der Waals surface area contributed by atoms with Crippen LogP contribution in [0.4, 0.5) is 13.2 Å². The number of pyridine rings is 1. The number of rotatable bonds is 1. The summed E-state index contributed by atoms with van der Waals surface area (Å²) in [6.45, 7) is 3.64. The van der Waals surface area contributed by atoms with Crippen molar-refractivity contribution >= 4 is 0 Å². The molecule has 0 fully saturated rings. The summed E-state index contributed by atoms with van der Waals surface area (Å²) in [6, 6.07) is 0. The molecule has 0 bridgehead atoms. The molecule has 1 aromatic rings. The van der Waals surface area contributed by atoms with Crippen molar-refractivity contribution in [2.75, 3.05) is 6.54 Å². The second-order valence-corrected chi connectivity index (χ2v) is 3.63. The minimum absolute atomic E-state index is 0.378. The van der Waals surface area contributed by atoms with E-state index in [1.165, 1.54) is 6.20 Å². The van der Waals surface area contributed by atoms with E-state index in [0.717, 1.165) is 12.7 Å². The molecule has 0 unspecified atom stereocenters. The van der Waals surface area contributed by atoms with E-state index >= 15 is 0 Å². The molecule has 5 heteroatoms. The molecule has 2 rings (SSSR count). The van der Waals surface area contributed by atoms with Crippen molar-refractivity contribution in [1.29, 1.82) is 0 Å². The largest absolute Gasteiger partial charge is 0.418 e. The van der Waals surface area contributed by atoms with Crippen LogP contribution in [0.25, 0.3) is 0 Å². The minimum Gasteiger partial charge on any atom is -0.295 e. The van der Waals surface area contributed by atoms with E-state index in [1.807, 2.05) is 11.8 Å². The number of aromatic nitrogens is 1. The summed E-state index contributed by atoms with van der Waals surface area (Å²) < 4.78 is 37.8. The molecule has 0 spiro atoms. The van der Waals surface area contributed by atoms with Crippen LogP contribution < -0.4 is 0 Å². The Hall–Kier alpha value is -1.10. The van der Waals surface area contributed by atoms with E-state index in [1.54, 1.807) is 0 Å². The average molecular weight is 216 g/mol. The van der Waals surface area contributed by atoms with E-state index in [0.29, 0.717) is 24.2 Å². The van der Waals surface area contributed by atoms with Gasteiger partial charge in [-0.1, -0.05) is 6.92 Å². The predicted molar refractivity (Wildman–Crippen MR) is 49.0 cm³/mol. The molecule has 0 saturated heterocycles. The zero-order chi connectivity index (χ0) is 11.1. The number of fused-ring (bicyclic) bond motifs is 1. The van der Waals surface area contributed by atoms with E-state index in [4.69, 9.17) is 0 Å². The van der Waals surface area contributed by atoms with Crippen molar-refractivity contribution in [3.05, 3.63) is 29.1 Å². The number of hydrogen-bond donors (Lipinski definition) is 0. The lowest BCUT2D eigenvalue weighted by molar-refractivity contribution is -0.138. The predicted octanol–water partition coefficient (Wildman–Crippen LogP) is 2.44. The maximum Gasteiger partial charge on any atom is 0.418 e. The zero-order valence-electron chi connectivity index (χ0n) is 8.30. The molecule has 2 heterocycles. The van der Waals surface area contributed by atoms with Crippen LogP contribution in [0.15, 0.2) is 12.4 Å². The van der Waals surface area contributed by atoms with Crippen molar-refractivity contribution < 1.29 is 13.2 Å². The lowest BCUT2D eigenvalue weighted by Gasteiger charge is -2.12. The van der Waals surface area contributed by atoms with Crippen LogP contribution in [0.1, 0.15) is 23.6 Å². The number of halogens is 3. The number of nitrogens with zero attached hydrogens (tertiary/aromatic N) is 2. The summed E-state index contributed by atoms with van der Waals surface area (Å²) in [5.41, 5.74) is 0.502. The Morgan fingerprint density at radius 1 is 1.33 bits per heavy atom. The highest BCUT2D eigenvalue weighted by atomic mass is 19.4. The third-order valence-corrected chi connectivity index (χ3v) is 2.68. The maximum atomic E-state index is 12.6. The highest BCUT2D eigenvalue weighted by Crippen LogP contribution is 2.36. The quantitative estimate of drug-likeness (QED) is 0.716. The van der Waals surface area contributed by atoms with Crippen molar-refractivity contribution in [3.8, 4) is 0 Å². The molecule has 15 heavy (non-hydrogen) atoms. The Bertz CT molecular complexity index is 373. The summed E-state index contributed by atoms with van der Waals surface area (Å²) >= 11 is 0. The second kappa shape index (κ2) is 3.48. The van der Waals surface area contributed by atoms with Crippen molar-refractivity contribution in [3.63, 3.8) is 0 Å². The van der Waals surface area contributed by atoms with Gasteiger partial charge in [0.05, 0.1) is 5.56 Å². The smallest absolute Gasteiger partial charge is 0.295 e. The van der Waals surface area contributed by atoms with Gasteiger partial charge < -0.3 is 0 Å². The molecular weight excluding hydrogens is 205 g/mol. The van der Waals surface area contributed by atoms with Crippen LogP contribution in [0.5, 0.6) is 0 Å². The Balaban J connectivity index is 2.42. The third-order valence-electron chi connectivity index (χ3n) is 2.68. The van der Waals surface area contributed by atoms with Crippen LogP contribution in [0.2, 0.25) is 0 Å². The first kappa shape index (κ1) is 10.4. The molecule has 1 aliphatic heterocycles. The third kappa shape index (κ3) is 1.84. The van der Waals surface area contributed by atoms with Crippen LogP contribution in [-0.2, 0) is 19.3 Å². The van der Waals surface area contributed by atoms with Crippen LogP contribution >= 0.6 is 0 Å². The SMILES string of the molecule is CCN1Cc2cncc(C(F)(F)F)c2C1. The number of hydrogen-bond acceptors (Lipinski definition) is 2. The van der Waals surface area contributed by atoms with Crippen LogP contribution in [-0.4, -0.2) is 16.4 Å². The van der Waals surface area contributed by atoms with Gasteiger partial charge in [0.25, 0.3) is 0 Å². The van der Waals surface area contributed by atoms with E-state index in [-0.39, 0.29) is 0 Å². The van der Waals surface area contributed by atoms with Gasteiger partial charge in [0, 0.05) is 25.5 Å². The first-order valence-corrected chi connectivity index (χ1v) is 4.77. The summed E-state index contributed by atoms with van der Waals surface area (Å²) in [7, 11) is 0. The lowest BCUT2D eigenvalue weighted by Crippen LogP contribution is -2.16. The summed E-state index contributed by atoms with van der Waals surface area (Å²) in [4.78, 5) is 5.60. The van der Waals surface area contributed by atoms with Gasteiger partial charge >= 0.3 is 6.18 Å². The van der Waals surface area contributed by atoms with Gasteiger partial charge in [0.15, 0.2) is 0 Å². The average Bonchev–Trinajstić information content (AvgIpc) is 2.57. The molecule has 0 amide bonds. The Labute approximate surface area is 85.7 Å². The molecule has 0 radical (unpaired) electrons. The van der Waals surface area contributed by atoms with Gasteiger partial charge in [-0.15, -0.1) is 0 Å². The molecule has 0 aliphatic carbocycles. The van der Waals surface area contributed by atoms with Crippen molar-refractivity contribution in [1.82, 2.24) is 9.88 Å². The van der Waals surface area contributed by atoms with Crippen molar-refractivity contribution in [2.45, 2.75) is 26.2 Å². The van der Waals surface area contributed by atoms with Crippen LogP contribution in [0.3, 0.4) is 0 Å². The highest BCUT2D eigenvalue weighted by Gasteiger charge is 2.36. The molecule has 0 atom stereocenters. The molecule has 2 nitrogen and oxygen atoms in total. The summed E-state index contributed by atoms with van der Waals surface area (Å²) in [6.07, 6.45) is -1.85. The fourth-order valence-corrected chi connectivity index (χ4v) is 1.84. The molecule has 1 aromatic heterocycles. The Morgan fingerprint density at radius 3 is 2.67 bits per heavy atom. The first-order valence-electron chi connectivity index (χ1n) is 4.77. The van der Waals surface area contributed by atoms with Gasteiger partial charge in [0.1, 0.15) is 0 Å². The second-order valence-electron chi connectivity index (χ2n) is 3.63. The van der Waals surface area contributed by atoms with Gasteiger partial charge in [-0.25, -0.2) is 0 Å². The summed E-state index contributed by atoms with van der Waals surface area (Å²) in [5.74, 6) is 0. The zero-order valence-corrected chi connectivity index (χ0v) is 8.30. The van der Waals surface area contributed by atoms with Gasteiger partial charge in [0.2, 0.25) is 0 Å². The topological polar surface area (TPSA) is 16.1 Å². The minimum atomic E-state index is -4.29. The van der Waals surface area contributed by atoms with Crippen molar-refractivity contribution in [2.24, 2.45) is 0 Å². The molecule has 0 aromatic carbocycles. The Kier molecular flexibility index (Phi) is 2.42. The maximum absolute atomic E-state index is 12.6. The summed E-state index contributed by atoms with van der Waals surface area (Å²) in [5, 5.41) is 0. The van der Waals surface area contributed by atoms with Gasteiger partial charge in [-0.3, -0.25) is 9.88 Å². The fourth-order valence-electron chi connectivity index (χ4n) is 1.84. The van der Waals surface area contributed by atoms with Crippen LogP contribution in [0, 0.1) is 0 Å². The van der Waals surface area contributed by atoms with E-state index in [9.17, 15) is 13.2 Å². The molecular formula is C10H11F3N2. The molecule has 0 N–H and O–H groups in total. The normalized spacial score (nSPS) is 16.8. The first-order chi connectivity index (χ1) is 7.02. The molecule has 1 aliphatic rings. The number of alkyl halides is 3. The van der Waals surface area contributed by atoms with Gasteiger partial charge in [-0.2, -0.15) is 13.2 Å². The van der Waals surface area contributed by atoms with Gasteiger partial charge in [-0.05, 0) is 17.7 Å². The standard InChI is InChI=1S/C10H11F3N2/c1-2-15-5-7-3-14-4-9(8(7)6-15)10(11,12)13/h3-4H,2,5-6H2,1H3. The lowest BCUT2D eigenvalue weighted by atomic mass is 10.1. The highest BCUT2D eigenvalue weighted by molar-refractivity contribution is 5.36.